The van der Waals surface area contributed by atoms with Gasteiger partial charge in [-0.2, -0.15) is 0 Å². The van der Waals surface area contributed by atoms with Crippen LogP contribution in [0.3, 0.4) is 0 Å². The van der Waals surface area contributed by atoms with Crippen molar-refractivity contribution in [3.8, 4) is 0 Å². The lowest BCUT2D eigenvalue weighted by Crippen LogP contribution is -2.54. The molecule has 2 atom stereocenters. The molecule has 0 saturated heterocycles. The van der Waals surface area contributed by atoms with E-state index < -0.39 is 5.54 Å². The summed E-state index contributed by atoms with van der Waals surface area (Å²) in [4.78, 5) is 4.02. The minimum Gasteiger partial charge on any atom is -0.385 e. The van der Waals surface area contributed by atoms with Gasteiger partial charge in [-0.15, -0.1) is 0 Å². The van der Waals surface area contributed by atoms with Crippen LogP contribution in [-0.4, -0.2) is 31.6 Å². The highest BCUT2D eigenvalue weighted by molar-refractivity contribution is 5.73. The number of hydrogen-bond acceptors (Lipinski definition) is 4. The number of dihydropyridines is 1. The Morgan fingerprint density at radius 1 is 1.67 bits per heavy atom. The number of ether oxygens (including phenoxy) is 1. The van der Waals surface area contributed by atoms with Crippen LogP contribution in [0.1, 0.15) is 6.42 Å². The average Bonchev–Trinajstić information content (AvgIpc) is 2.07. The van der Waals surface area contributed by atoms with Crippen LogP contribution < -0.4 is 11.5 Å². The first kappa shape index (κ1) is 9.38. The molecular weight excluding hydrogens is 154 g/mol. The van der Waals surface area contributed by atoms with E-state index in [9.17, 15) is 0 Å². The Labute approximate surface area is 72.3 Å². The molecule has 4 N–H and O–H groups in total. The predicted molar refractivity (Wildman–Crippen MR) is 49.0 cm³/mol. The van der Waals surface area contributed by atoms with E-state index in [1.165, 1.54) is 0 Å². The molecule has 0 aromatic heterocycles. The average molecular weight is 169 g/mol. The van der Waals surface area contributed by atoms with Crippen LogP contribution in [-0.2, 0) is 4.74 Å². The van der Waals surface area contributed by atoms with Crippen LogP contribution in [0.2, 0.25) is 0 Å². The van der Waals surface area contributed by atoms with E-state index in [2.05, 4.69) is 4.99 Å². The van der Waals surface area contributed by atoms with Crippen LogP contribution in [0, 0.1) is 0 Å². The standard InChI is InChI=1S/C8H15N3O/c1-12-6-4-8(10)3-2-5-11-7(8)9/h2-3,5,7H,4,6,9-10H2,1H3. The van der Waals surface area contributed by atoms with Gasteiger partial charge in [-0.05, 0) is 12.5 Å². The third-order valence-electron chi connectivity index (χ3n) is 2.03. The number of nitrogens with zero attached hydrogens (tertiary/aromatic N) is 1. The molecule has 0 saturated carbocycles. The van der Waals surface area contributed by atoms with Gasteiger partial charge in [0, 0.05) is 19.9 Å². The van der Waals surface area contributed by atoms with Gasteiger partial charge in [0.05, 0.1) is 5.54 Å². The molecule has 68 valence electrons. The van der Waals surface area contributed by atoms with Crippen molar-refractivity contribution in [1.29, 1.82) is 0 Å². The van der Waals surface area contributed by atoms with Crippen molar-refractivity contribution in [1.82, 2.24) is 0 Å². The van der Waals surface area contributed by atoms with Gasteiger partial charge in [-0.1, -0.05) is 6.08 Å². The fourth-order valence-electron chi connectivity index (χ4n) is 1.11. The zero-order valence-electron chi connectivity index (χ0n) is 7.23. The highest BCUT2D eigenvalue weighted by Crippen LogP contribution is 2.16. The SMILES string of the molecule is COCCC1(N)C=CC=NC1N. The van der Waals surface area contributed by atoms with E-state index in [1.54, 1.807) is 13.3 Å². The molecule has 1 aliphatic heterocycles. The predicted octanol–water partition coefficient (Wildman–Crippen LogP) is -0.354. The summed E-state index contributed by atoms with van der Waals surface area (Å²) in [5, 5.41) is 0. The van der Waals surface area contributed by atoms with Gasteiger partial charge in [0.2, 0.25) is 0 Å². The number of methoxy groups -OCH3 is 1. The molecule has 0 aromatic rings. The van der Waals surface area contributed by atoms with Crippen LogP contribution in [0.25, 0.3) is 0 Å². The topological polar surface area (TPSA) is 73.6 Å². The summed E-state index contributed by atoms with van der Waals surface area (Å²) in [7, 11) is 1.64. The maximum absolute atomic E-state index is 5.98. The largest absolute Gasteiger partial charge is 0.385 e. The highest BCUT2D eigenvalue weighted by atomic mass is 16.5. The lowest BCUT2D eigenvalue weighted by atomic mass is 9.92. The minimum atomic E-state index is -0.537. The van der Waals surface area contributed by atoms with Crippen LogP contribution in [0.4, 0.5) is 0 Å². The molecular formula is C8H15N3O. The van der Waals surface area contributed by atoms with Crippen LogP contribution in [0.5, 0.6) is 0 Å². The van der Waals surface area contributed by atoms with Crippen molar-refractivity contribution in [2.24, 2.45) is 16.5 Å². The summed E-state index contributed by atoms with van der Waals surface area (Å²) >= 11 is 0. The Kier molecular flexibility index (Phi) is 2.97. The van der Waals surface area contributed by atoms with Crippen molar-refractivity contribution >= 4 is 6.21 Å². The summed E-state index contributed by atoms with van der Waals surface area (Å²) in [6.07, 6.45) is 5.71. The van der Waals surface area contributed by atoms with E-state index in [0.717, 1.165) is 0 Å². The maximum Gasteiger partial charge on any atom is 0.119 e. The molecule has 0 aliphatic carbocycles. The molecule has 0 amide bonds. The zero-order chi connectivity index (χ0) is 9.03. The second-order valence-corrected chi connectivity index (χ2v) is 2.96. The molecule has 2 unspecified atom stereocenters. The zero-order valence-corrected chi connectivity index (χ0v) is 7.23. The van der Waals surface area contributed by atoms with Crippen molar-refractivity contribution in [3.05, 3.63) is 12.2 Å². The summed E-state index contributed by atoms with van der Waals surface area (Å²) in [5.41, 5.74) is 11.2. The van der Waals surface area contributed by atoms with E-state index in [1.807, 2.05) is 12.2 Å². The summed E-state index contributed by atoms with van der Waals surface area (Å²) < 4.78 is 4.94. The molecule has 1 heterocycles. The lowest BCUT2D eigenvalue weighted by Gasteiger charge is -2.31. The number of nitrogens with two attached hydrogens (primary N) is 2. The number of allylic oxidation sites excluding steroid dienone is 1. The number of aliphatic imine (C=N–C) groups is 1. The van der Waals surface area contributed by atoms with E-state index in [4.69, 9.17) is 16.2 Å². The number of rotatable bonds is 3. The smallest absolute Gasteiger partial charge is 0.119 e. The van der Waals surface area contributed by atoms with Crippen molar-refractivity contribution < 1.29 is 4.74 Å². The van der Waals surface area contributed by atoms with E-state index >= 15 is 0 Å². The molecule has 4 nitrogen and oxygen atoms in total. The molecule has 1 aliphatic rings. The Balaban J connectivity index is 2.57. The first-order valence-electron chi connectivity index (χ1n) is 3.93. The van der Waals surface area contributed by atoms with Crippen LogP contribution in [0.15, 0.2) is 17.1 Å². The minimum absolute atomic E-state index is 0.349. The maximum atomic E-state index is 5.98. The fourth-order valence-corrected chi connectivity index (χ4v) is 1.11. The Hall–Kier alpha value is -0.710. The first-order chi connectivity index (χ1) is 5.69. The molecule has 0 aromatic carbocycles. The Morgan fingerprint density at radius 3 is 3.00 bits per heavy atom. The molecule has 1 rings (SSSR count). The monoisotopic (exact) mass is 169 g/mol. The summed E-state index contributed by atoms with van der Waals surface area (Å²) in [6.45, 7) is 0.601. The number of hydrogen-bond donors (Lipinski definition) is 2. The highest BCUT2D eigenvalue weighted by Gasteiger charge is 2.30. The molecule has 0 radical (unpaired) electrons. The van der Waals surface area contributed by atoms with Crippen molar-refractivity contribution in [3.63, 3.8) is 0 Å². The normalized spacial score (nSPS) is 34.1. The van der Waals surface area contributed by atoms with Gasteiger partial charge in [0.15, 0.2) is 0 Å². The quantitative estimate of drug-likeness (QED) is 0.606. The molecule has 4 heteroatoms. The van der Waals surface area contributed by atoms with Gasteiger partial charge in [-0.3, -0.25) is 4.99 Å². The van der Waals surface area contributed by atoms with Gasteiger partial charge >= 0.3 is 0 Å². The summed E-state index contributed by atoms with van der Waals surface area (Å²) in [6, 6.07) is 0. The molecule has 12 heavy (non-hydrogen) atoms. The second kappa shape index (κ2) is 3.80. The third-order valence-corrected chi connectivity index (χ3v) is 2.03. The first-order valence-corrected chi connectivity index (χ1v) is 3.93. The van der Waals surface area contributed by atoms with Gasteiger partial charge < -0.3 is 16.2 Å². The summed E-state index contributed by atoms with van der Waals surface area (Å²) in [5.74, 6) is 0. The van der Waals surface area contributed by atoms with E-state index in [-0.39, 0.29) is 6.17 Å². The van der Waals surface area contributed by atoms with E-state index in [0.29, 0.717) is 13.0 Å². The van der Waals surface area contributed by atoms with Gasteiger partial charge in [-0.25, -0.2) is 0 Å². The molecule has 0 bridgehead atoms. The lowest BCUT2D eigenvalue weighted by molar-refractivity contribution is 0.171. The Morgan fingerprint density at radius 2 is 2.42 bits per heavy atom. The van der Waals surface area contributed by atoms with Crippen molar-refractivity contribution in [2.75, 3.05) is 13.7 Å². The fraction of sp³-hybridized carbons (Fsp3) is 0.625. The second-order valence-electron chi connectivity index (χ2n) is 2.96. The van der Waals surface area contributed by atoms with Crippen LogP contribution >= 0.6 is 0 Å². The molecule has 0 spiro atoms. The molecule has 0 fully saturated rings. The van der Waals surface area contributed by atoms with Gasteiger partial charge in [0.25, 0.3) is 0 Å². The third kappa shape index (κ3) is 1.91. The van der Waals surface area contributed by atoms with Crippen molar-refractivity contribution in [2.45, 2.75) is 18.1 Å². The Bertz CT molecular complexity index is 202. The van der Waals surface area contributed by atoms with Gasteiger partial charge in [0.1, 0.15) is 6.17 Å².